The molecule has 1 heterocycles. The molecule has 0 aromatic carbocycles. The highest BCUT2D eigenvalue weighted by Gasteiger charge is 2.20. The van der Waals surface area contributed by atoms with E-state index in [0.717, 1.165) is 19.6 Å². The van der Waals surface area contributed by atoms with Crippen molar-refractivity contribution < 1.29 is 4.79 Å². The Kier molecular flexibility index (Phi) is 2.65. The van der Waals surface area contributed by atoms with Crippen LogP contribution in [0, 0.1) is 0 Å². The molecule has 3 heteroatoms. The van der Waals surface area contributed by atoms with Crippen molar-refractivity contribution in [2.75, 3.05) is 19.6 Å². The molecule has 1 fully saturated rings. The zero-order chi connectivity index (χ0) is 8.27. The number of carbonyl (C=O) groups excluding carboxylic acids is 1. The van der Waals surface area contributed by atoms with E-state index in [-0.39, 0.29) is 5.91 Å². The number of nitrogens with one attached hydrogen (secondary N) is 1. The first-order valence-electron chi connectivity index (χ1n) is 3.89. The van der Waals surface area contributed by atoms with Gasteiger partial charge < -0.3 is 10.2 Å². The van der Waals surface area contributed by atoms with Crippen LogP contribution in [0.5, 0.6) is 0 Å². The monoisotopic (exact) mass is 154 g/mol. The summed E-state index contributed by atoms with van der Waals surface area (Å²) in [5, 5.41) is 3.22. The lowest BCUT2D eigenvalue weighted by Crippen LogP contribution is -2.51. The molecule has 1 saturated heterocycles. The molecule has 0 aromatic rings. The van der Waals surface area contributed by atoms with Crippen molar-refractivity contribution in [1.29, 1.82) is 0 Å². The number of carbonyl (C=O) groups is 1. The highest BCUT2D eigenvalue weighted by atomic mass is 16.2. The molecule has 0 unspecified atom stereocenters. The minimum absolute atomic E-state index is 0.0407. The summed E-state index contributed by atoms with van der Waals surface area (Å²) >= 11 is 0. The van der Waals surface area contributed by atoms with Gasteiger partial charge in [-0.1, -0.05) is 6.58 Å². The highest BCUT2D eigenvalue weighted by molar-refractivity contribution is 5.87. The van der Waals surface area contributed by atoms with Gasteiger partial charge in [-0.25, -0.2) is 0 Å². The zero-order valence-electron chi connectivity index (χ0n) is 6.84. The van der Waals surface area contributed by atoms with Crippen LogP contribution in [0.4, 0.5) is 0 Å². The van der Waals surface area contributed by atoms with Gasteiger partial charge >= 0.3 is 0 Å². The maximum absolute atomic E-state index is 11.2. The quantitative estimate of drug-likeness (QED) is 0.539. The van der Waals surface area contributed by atoms with Crippen LogP contribution >= 0.6 is 0 Å². The second-order valence-corrected chi connectivity index (χ2v) is 2.79. The number of piperazine rings is 1. The first kappa shape index (κ1) is 8.27. The first-order valence-corrected chi connectivity index (χ1v) is 3.89. The third-order valence-electron chi connectivity index (χ3n) is 1.96. The Labute approximate surface area is 67.1 Å². The molecule has 1 rings (SSSR count). The van der Waals surface area contributed by atoms with E-state index in [1.165, 1.54) is 6.08 Å². The molecule has 1 N–H and O–H groups in total. The molecule has 0 saturated carbocycles. The van der Waals surface area contributed by atoms with Crippen LogP contribution in [-0.2, 0) is 4.79 Å². The smallest absolute Gasteiger partial charge is 0.246 e. The Bertz CT molecular complexity index is 167. The number of rotatable bonds is 1. The maximum Gasteiger partial charge on any atom is 0.246 e. The van der Waals surface area contributed by atoms with E-state index in [1.54, 1.807) is 0 Å². The summed E-state index contributed by atoms with van der Waals surface area (Å²) in [6.07, 6.45) is 1.38. The Morgan fingerprint density at radius 2 is 2.55 bits per heavy atom. The summed E-state index contributed by atoms with van der Waals surface area (Å²) in [6.45, 7) is 8.07. The van der Waals surface area contributed by atoms with E-state index in [4.69, 9.17) is 0 Å². The van der Waals surface area contributed by atoms with Gasteiger partial charge in [0.15, 0.2) is 0 Å². The average Bonchev–Trinajstić information content (AvgIpc) is 2.04. The van der Waals surface area contributed by atoms with Gasteiger partial charge in [0.05, 0.1) is 0 Å². The zero-order valence-corrected chi connectivity index (χ0v) is 6.84. The fourth-order valence-corrected chi connectivity index (χ4v) is 1.29. The lowest BCUT2D eigenvalue weighted by Gasteiger charge is -2.33. The van der Waals surface area contributed by atoms with Crippen molar-refractivity contribution in [3.05, 3.63) is 12.7 Å². The Morgan fingerprint density at radius 3 is 3.09 bits per heavy atom. The van der Waals surface area contributed by atoms with Crippen LogP contribution < -0.4 is 5.32 Å². The second kappa shape index (κ2) is 3.53. The SMILES string of the molecule is C=CC(=O)N1CCNC[C@@H]1C. The van der Waals surface area contributed by atoms with Crippen molar-refractivity contribution in [2.24, 2.45) is 0 Å². The predicted octanol–water partition coefficient (Wildman–Crippen LogP) is -0.00730. The van der Waals surface area contributed by atoms with Crippen LogP contribution in [0.2, 0.25) is 0 Å². The molecule has 1 amide bonds. The van der Waals surface area contributed by atoms with Crippen molar-refractivity contribution in [3.8, 4) is 0 Å². The van der Waals surface area contributed by atoms with Gasteiger partial charge in [0.1, 0.15) is 0 Å². The number of hydrogen-bond acceptors (Lipinski definition) is 2. The molecule has 62 valence electrons. The topological polar surface area (TPSA) is 32.3 Å². The molecular formula is C8H14N2O. The van der Waals surface area contributed by atoms with E-state index in [1.807, 2.05) is 11.8 Å². The normalized spacial score (nSPS) is 24.8. The van der Waals surface area contributed by atoms with Gasteiger partial charge in [0.25, 0.3) is 0 Å². The van der Waals surface area contributed by atoms with E-state index in [2.05, 4.69) is 11.9 Å². The first-order chi connectivity index (χ1) is 5.25. The van der Waals surface area contributed by atoms with Gasteiger partial charge in [-0.15, -0.1) is 0 Å². The third-order valence-corrected chi connectivity index (χ3v) is 1.96. The van der Waals surface area contributed by atoms with E-state index in [9.17, 15) is 4.79 Å². The summed E-state index contributed by atoms with van der Waals surface area (Å²) in [5.74, 6) is 0.0407. The van der Waals surface area contributed by atoms with Crippen LogP contribution in [0.3, 0.4) is 0 Å². The summed E-state index contributed by atoms with van der Waals surface area (Å²) in [4.78, 5) is 13.0. The predicted molar refractivity (Wildman–Crippen MR) is 44.2 cm³/mol. The summed E-state index contributed by atoms with van der Waals surface area (Å²) in [5.41, 5.74) is 0. The van der Waals surface area contributed by atoms with Gasteiger partial charge in [-0.3, -0.25) is 4.79 Å². The van der Waals surface area contributed by atoms with Gasteiger partial charge in [-0.05, 0) is 13.0 Å². The van der Waals surface area contributed by atoms with Crippen molar-refractivity contribution in [2.45, 2.75) is 13.0 Å². The van der Waals surface area contributed by atoms with Gasteiger partial charge in [0, 0.05) is 25.7 Å². The van der Waals surface area contributed by atoms with Gasteiger partial charge in [0.2, 0.25) is 5.91 Å². The Morgan fingerprint density at radius 1 is 1.82 bits per heavy atom. The molecule has 1 aliphatic rings. The summed E-state index contributed by atoms with van der Waals surface area (Å²) < 4.78 is 0. The molecule has 0 radical (unpaired) electrons. The van der Waals surface area contributed by atoms with Crippen molar-refractivity contribution in [1.82, 2.24) is 10.2 Å². The average molecular weight is 154 g/mol. The fraction of sp³-hybridized carbons (Fsp3) is 0.625. The standard InChI is InChI=1S/C8H14N2O/c1-3-8(11)10-5-4-9-6-7(10)2/h3,7,9H,1,4-6H2,2H3/t7-/m0/s1. The molecular weight excluding hydrogens is 140 g/mol. The molecule has 0 aliphatic carbocycles. The van der Waals surface area contributed by atoms with Crippen LogP contribution in [-0.4, -0.2) is 36.5 Å². The molecule has 0 bridgehead atoms. The van der Waals surface area contributed by atoms with Crippen LogP contribution in [0.15, 0.2) is 12.7 Å². The molecule has 1 atom stereocenters. The van der Waals surface area contributed by atoms with Crippen molar-refractivity contribution >= 4 is 5.91 Å². The molecule has 3 nitrogen and oxygen atoms in total. The maximum atomic E-state index is 11.2. The van der Waals surface area contributed by atoms with E-state index < -0.39 is 0 Å². The minimum atomic E-state index is 0.0407. The van der Waals surface area contributed by atoms with Gasteiger partial charge in [-0.2, -0.15) is 0 Å². The summed E-state index contributed by atoms with van der Waals surface area (Å²) in [7, 11) is 0. The molecule has 0 aromatic heterocycles. The highest BCUT2D eigenvalue weighted by Crippen LogP contribution is 2.02. The van der Waals surface area contributed by atoms with Crippen LogP contribution in [0.1, 0.15) is 6.92 Å². The number of nitrogens with zero attached hydrogens (tertiary/aromatic N) is 1. The van der Waals surface area contributed by atoms with E-state index >= 15 is 0 Å². The second-order valence-electron chi connectivity index (χ2n) is 2.79. The number of amides is 1. The third kappa shape index (κ3) is 1.80. The lowest BCUT2D eigenvalue weighted by atomic mass is 10.2. The molecule has 0 spiro atoms. The number of hydrogen-bond donors (Lipinski definition) is 1. The van der Waals surface area contributed by atoms with E-state index in [0.29, 0.717) is 6.04 Å². The fourth-order valence-electron chi connectivity index (χ4n) is 1.29. The Balaban J connectivity index is 2.53. The molecule has 11 heavy (non-hydrogen) atoms. The molecule has 1 aliphatic heterocycles. The Hall–Kier alpha value is -0.830. The lowest BCUT2D eigenvalue weighted by molar-refractivity contribution is -0.128. The minimum Gasteiger partial charge on any atom is -0.334 e. The largest absolute Gasteiger partial charge is 0.334 e. The van der Waals surface area contributed by atoms with Crippen LogP contribution in [0.25, 0.3) is 0 Å². The summed E-state index contributed by atoms with van der Waals surface area (Å²) in [6, 6.07) is 0.300. The van der Waals surface area contributed by atoms with Crippen molar-refractivity contribution in [3.63, 3.8) is 0 Å².